The second kappa shape index (κ2) is 12.0. The molecule has 6 nitrogen and oxygen atoms in total. The second-order valence-electron chi connectivity index (χ2n) is 11.4. The highest BCUT2D eigenvalue weighted by Crippen LogP contribution is 2.40. The summed E-state index contributed by atoms with van der Waals surface area (Å²) in [6.07, 6.45) is 2.63. The molecular weight excluding hydrogens is 534 g/mol. The number of aromatic nitrogens is 1. The van der Waals surface area contributed by atoms with E-state index in [0.717, 1.165) is 36.7 Å². The van der Waals surface area contributed by atoms with Gasteiger partial charge < -0.3 is 18.9 Å². The van der Waals surface area contributed by atoms with Crippen LogP contribution in [0.25, 0.3) is 10.9 Å². The van der Waals surface area contributed by atoms with E-state index in [1.807, 2.05) is 6.07 Å². The van der Waals surface area contributed by atoms with E-state index in [1.165, 1.54) is 27.6 Å². The van der Waals surface area contributed by atoms with E-state index in [1.54, 1.807) is 0 Å². The minimum Gasteiger partial charge on any atom is -0.454 e. The Morgan fingerprint density at radius 2 is 1.40 bits per heavy atom. The van der Waals surface area contributed by atoms with Gasteiger partial charge in [-0.2, -0.15) is 0 Å². The molecule has 0 unspecified atom stereocenters. The lowest BCUT2D eigenvalue weighted by molar-refractivity contribution is -0.133. The maximum absolute atomic E-state index is 14.1. The van der Waals surface area contributed by atoms with Crippen molar-refractivity contribution in [2.75, 3.05) is 33.0 Å². The topological polar surface area (TPSA) is 46.9 Å². The molecule has 0 saturated carbocycles. The van der Waals surface area contributed by atoms with Gasteiger partial charge in [-0.3, -0.25) is 9.69 Å². The molecule has 2 aliphatic rings. The summed E-state index contributed by atoms with van der Waals surface area (Å²) in [7, 11) is 0. The number of nitrogens with zero attached hydrogens (tertiary/aromatic N) is 3. The van der Waals surface area contributed by atoms with Crippen molar-refractivity contribution in [1.29, 1.82) is 0 Å². The lowest BCUT2D eigenvalue weighted by Gasteiger charge is -2.40. The minimum atomic E-state index is -0.0980. The molecule has 218 valence electrons. The molecule has 43 heavy (non-hydrogen) atoms. The molecule has 4 aromatic carbocycles. The van der Waals surface area contributed by atoms with E-state index in [0.29, 0.717) is 19.5 Å². The van der Waals surface area contributed by atoms with Gasteiger partial charge in [0.25, 0.3) is 0 Å². The minimum absolute atomic E-state index is 0.0980. The fourth-order valence-corrected chi connectivity index (χ4v) is 6.77. The summed E-state index contributed by atoms with van der Waals surface area (Å²) in [5.74, 6) is 1.59. The molecule has 1 saturated heterocycles. The van der Waals surface area contributed by atoms with Crippen LogP contribution < -0.4 is 9.47 Å². The zero-order valence-electron chi connectivity index (χ0n) is 24.6. The third kappa shape index (κ3) is 5.39. The van der Waals surface area contributed by atoms with E-state index in [-0.39, 0.29) is 24.7 Å². The van der Waals surface area contributed by atoms with Crippen molar-refractivity contribution in [2.45, 2.75) is 31.8 Å². The van der Waals surface area contributed by atoms with Gasteiger partial charge in [-0.15, -0.1) is 0 Å². The van der Waals surface area contributed by atoms with Gasteiger partial charge in [-0.1, -0.05) is 84.9 Å². The first-order valence-electron chi connectivity index (χ1n) is 15.3. The summed E-state index contributed by atoms with van der Waals surface area (Å²) in [5.41, 5.74) is 6.01. The van der Waals surface area contributed by atoms with E-state index in [9.17, 15) is 4.79 Å². The van der Waals surface area contributed by atoms with Crippen LogP contribution in [0.3, 0.4) is 0 Å². The molecule has 3 heterocycles. The largest absolute Gasteiger partial charge is 0.454 e. The van der Waals surface area contributed by atoms with Crippen molar-refractivity contribution in [3.8, 4) is 11.5 Å². The summed E-state index contributed by atoms with van der Waals surface area (Å²) in [5, 5.41) is 1.19. The van der Waals surface area contributed by atoms with E-state index in [4.69, 9.17) is 9.47 Å². The Labute approximate surface area is 253 Å². The summed E-state index contributed by atoms with van der Waals surface area (Å²) in [6.45, 7) is 6.32. The second-order valence-corrected chi connectivity index (χ2v) is 11.4. The molecular formula is C37H37N3O3. The highest BCUT2D eigenvalue weighted by atomic mass is 16.7. The van der Waals surface area contributed by atoms with E-state index < -0.39 is 0 Å². The molecule has 7 rings (SSSR count). The van der Waals surface area contributed by atoms with Crippen LogP contribution >= 0.6 is 0 Å². The Hall–Kier alpha value is -4.55. The maximum atomic E-state index is 14.1. The summed E-state index contributed by atoms with van der Waals surface area (Å²) >= 11 is 0. The number of hydrogen-bond acceptors (Lipinski definition) is 4. The predicted molar refractivity (Wildman–Crippen MR) is 170 cm³/mol. The molecule has 0 aliphatic carbocycles. The van der Waals surface area contributed by atoms with Gasteiger partial charge in [0, 0.05) is 62.2 Å². The van der Waals surface area contributed by atoms with Crippen molar-refractivity contribution >= 4 is 16.8 Å². The number of amides is 1. The quantitative estimate of drug-likeness (QED) is 0.205. The number of rotatable bonds is 8. The highest BCUT2D eigenvalue weighted by Gasteiger charge is 2.31. The van der Waals surface area contributed by atoms with Crippen LogP contribution in [-0.4, -0.2) is 53.2 Å². The van der Waals surface area contributed by atoms with Crippen molar-refractivity contribution in [2.24, 2.45) is 0 Å². The molecule has 2 aliphatic heterocycles. The molecule has 0 N–H and O–H groups in total. The average Bonchev–Trinajstić information content (AvgIpc) is 3.69. The zero-order chi connectivity index (χ0) is 29.2. The van der Waals surface area contributed by atoms with E-state index in [2.05, 4.69) is 125 Å². The van der Waals surface area contributed by atoms with Crippen LogP contribution in [-0.2, 0) is 11.3 Å². The number of carbonyl (C=O) groups is 1. The number of para-hydroxylation sites is 1. The number of carbonyl (C=O) groups excluding carboxylic acids is 1. The van der Waals surface area contributed by atoms with Gasteiger partial charge in [0.05, 0.1) is 6.04 Å². The molecule has 6 heteroatoms. The Morgan fingerprint density at radius 1 is 0.744 bits per heavy atom. The van der Waals surface area contributed by atoms with Gasteiger partial charge in [0.2, 0.25) is 12.7 Å². The van der Waals surface area contributed by atoms with Crippen LogP contribution in [0.2, 0.25) is 0 Å². The van der Waals surface area contributed by atoms with Crippen molar-refractivity contribution in [3.05, 3.63) is 132 Å². The molecule has 1 amide bonds. The number of piperazine rings is 1. The molecule has 0 bridgehead atoms. The summed E-state index contributed by atoms with van der Waals surface area (Å²) in [6, 6.07) is 36.2. The molecule has 1 fully saturated rings. The number of fused-ring (bicyclic) bond motifs is 2. The number of aryl methyl sites for hydroxylation is 1. The van der Waals surface area contributed by atoms with Gasteiger partial charge in [0.1, 0.15) is 0 Å². The molecule has 0 spiro atoms. The average molecular weight is 572 g/mol. The molecule has 1 aromatic heterocycles. The smallest absolute Gasteiger partial charge is 0.231 e. The number of hydrogen-bond donors (Lipinski definition) is 0. The molecule has 5 aromatic rings. The van der Waals surface area contributed by atoms with Crippen LogP contribution in [0.15, 0.2) is 109 Å². The van der Waals surface area contributed by atoms with Crippen molar-refractivity contribution < 1.29 is 14.3 Å². The standard InChI is InChI=1S/C37H37N3O3/c1-2-38-25-32(30-15-9-10-16-33(30)38)31(29-17-18-34-35(23-29)43-26-42-34)24-36(41)39-19-21-40(22-20-39)37(27-11-5-3-6-12-27)28-13-7-4-8-14-28/h3-18,23,25,31,37H,2,19-22,24,26H2,1H3/t31-/m0/s1. The number of ether oxygens (including phenoxy) is 2. The first kappa shape index (κ1) is 27.3. The maximum Gasteiger partial charge on any atom is 0.231 e. The predicted octanol–water partition coefficient (Wildman–Crippen LogP) is 6.85. The highest BCUT2D eigenvalue weighted by molar-refractivity contribution is 5.87. The van der Waals surface area contributed by atoms with Crippen LogP contribution in [0.1, 0.15) is 47.6 Å². The number of benzene rings is 4. The Morgan fingerprint density at radius 3 is 2.09 bits per heavy atom. The summed E-state index contributed by atoms with van der Waals surface area (Å²) in [4.78, 5) is 18.6. The lowest BCUT2D eigenvalue weighted by atomic mass is 9.87. The molecule has 1 atom stereocenters. The van der Waals surface area contributed by atoms with Crippen LogP contribution in [0.4, 0.5) is 0 Å². The van der Waals surface area contributed by atoms with Crippen molar-refractivity contribution in [3.63, 3.8) is 0 Å². The van der Waals surface area contributed by atoms with Gasteiger partial charge >= 0.3 is 0 Å². The first-order valence-corrected chi connectivity index (χ1v) is 15.3. The molecule has 0 radical (unpaired) electrons. The van der Waals surface area contributed by atoms with Gasteiger partial charge in [0.15, 0.2) is 11.5 Å². The Bertz CT molecular complexity index is 1670. The fourth-order valence-electron chi connectivity index (χ4n) is 6.77. The zero-order valence-corrected chi connectivity index (χ0v) is 24.6. The SMILES string of the molecule is CCn1cc([C@@H](CC(=O)N2CCN(C(c3ccccc3)c3ccccc3)CC2)c2ccc3c(c2)OCO3)c2ccccc21. The monoisotopic (exact) mass is 571 g/mol. The van der Waals surface area contributed by atoms with Gasteiger partial charge in [-0.25, -0.2) is 0 Å². The fraction of sp³-hybridized carbons (Fsp3) is 0.270. The third-order valence-corrected chi connectivity index (χ3v) is 8.98. The van der Waals surface area contributed by atoms with Gasteiger partial charge in [-0.05, 0) is 47.4 Å². The van der Waals surface area contributed by atoms with E-state index >= 15 is 0 Å². The normalized spacial score (nSPS) is 15.7. The first-order chi connectivity index (χ1) is 21.2. The summed E-state index contributed by atoms with van der Waals surface area (Å²) < 4.78 is 13.6. The Kier molecular flexibility index (Phi) is 7.60. The third-order valence-electron chi connectivity index (χ3n) is 8.98. The van der Waals surface area contributed by atoms with Crippen LogP contribution in [0.5, 0.6) is 11.5 Å². The van der Waals surface area contributed by atoms with Crippen LogP contribution in [0, 0.1) is 0 Å². The Balaban J connectivity index is 1.14. The van der Waals surface area contributed by atoms with Crippen molar-refractivity contribution in [1.82, 2.24) is 14.4 Å². The lowest BCUT2D eigenvalue weighted by Crippen LogP contribution is -2.50.